The number of aromatic nitrogens is 2. The number of H-pyrrole nitrogens is 1. The number of ether oxygens (including phenoxy) is 2. The zero-order valence-corrected chi connectivity index (χ0v) is 21.2. The fourth-order valence-corrected chi connectivity index (χ4v) is 4.01. The molecule has 30 heavy (non-hydrogen) atoms. The van der Waals surface area contributed by atoms with Crippen LogP contribution < -0.4 is 20.1 Å². The van der Waals surface area contributed by atoms with Crippen LogP contribution in [0.1, 0.15) is 27.7 Å². The number of benzene rings is 1. The number of thiazole rings is 1. The quantitative estimate of drug-likeness (QED) is 0.172. The summed E-state index contributed by atoms with van der Waals surface area (Å²) in [5.41, 5.74) is 3.29. The third-order valence-electron chi connectivity index (χ3n) is 4.80. The van der Waals surface area contributed by atoms with Crippen molar-refractivity contribution in [3.63, 3.8) is 0 Å². The molecule has 0 fully saturated rings. The van der Waals surface area contributed by atoms with Gasteiger partial charge in [-0.25, -0.2) is 4.98 Å². The number of hydrogen-bond donors (Lipinski definition) is 3. The second-order valence-corrected chi connectivity index (χ2v) is 8.08. The number of fused-ring (bicyclic) bond motifs is 1. The lowest BCUT2D eigenvalue weighted by atomic mass is 10.2. The Kier molecular flexibility index (Phi) is 9.22. The molecule has 9 heteroatoms. The van der Waals surface area contributed by atoms with Gasteiger partial charge in [0.15, 0.2) is 5.96 Å². The van der Waals surface area contributed by atoms with Crippen molar-refractivity contribution >= 4 is 52.2 Å². The van der Waals surface area contributed by atoms with Crippen LogP contribution in [0.4, 0.5) is 0 Å². The number of aryl methyl sites for hydroxylation is 3. The largest absolute Gasteiger partial charge is 0.497 e. The molecule has 2 aromatic heterocycles. The maximum atomic E-state index is 5.49. The molecular formula is C21H30IN5O2S. The summed E-state index contributed by atoms with van der Waals surface area (Å²) in [4.78, 5) is 13.6. The topological polar surface area (TPSA) is 83.6 Å². The van der Waals surface area contributed by atoms with Gasteiger partial charge in [0.1, 0.15) is 16.5 Å². The number of hydrogen-bond acceptors (Lipinski definition) is 5. The number of halogens is 1. The molecule has 3 rings (SSSR count). The van der Waals surface area contributed by atoms with E-state index < -0.39 is 0 Å². The molecule has 2 heterocycles. The Balaban J connectivity index is 0.00000320. The van der Waals surface area contributed by atoms with Crippen LogP contribution in [0, 0.1) is 13.8 Å². The molecule has 0 aliphatic carbocycles. The zero-order valence-electron chi connectivity index (χ0n) is 18.1. The number of nitrogens with zero attached hydrogens (tertiary/aromatic N) is 2. The smallest absolute Gasteiger partial charge is 0.191 e. The molecule has 0 aliphatic rings. The van der Waals surface area contributed by atoms with Gasteiger partial charge in [0.05, 0.1) is 32.0 Å². The lowest BCUT2D eigenvalue weighted by molar-refractivity contribution is 0.398. The Morgan fingerprint density at radius 1 is 1.17 bits per heavy atom. The molecule has 0 atom stereocenters. The molecule has 3 N–H and O–H groups in total. The lowest BCUT2D eigenvalue weighted by Gasteiger charge is -2.10. The van der Waals surface area contributed by atoms with Crippen LogP contribution in [0.5, 0.6) is 11.5 Å². The summed E-state index contributed by atoms with van der Waals surface area (Å²) >= 11 is 1.72. The van der Waals surface area contributed by atoms with Crippen LogP contribution in [0.15, 0.2) is 23.2 Å². The molecule has 7 nitrogen and oxygen atoms in total. The highest BCUT2D eigenvalue weighted by Gasteiger charge is 2.09. The van der Waals surface area contributed by atoms with Crippen LogP contribution in [0.2, 0.25) is 0 Å². The molecular weight excluding hydrogens is 513 g/mol. The molecule has 0 spiro atoms. The van der Waals surface area contributed by atoms with Gasteiger partial charge in [-0.15, -0.1) is 35.3 Å². The van der Waals surface area contributed by atoms with Crippen molar-refractivity contribution in [1.82, 2.24) is 20.6 Å². The zero-order chi connectivity index (χ0) is 20.8. The Morgan fingerprint density at radius 3 is 2.60 bits per heavy atom. The number of aliphatic imine (C=N–C) groups is 1. The van der Waals surface area contributed by atoms with Crippen molar-refractivity contribution in [3.8, 4) is 11.5 Å². The van der Waals surface area contributed by atoms with E-state index in [2.05, 4.69) is 38.6 Å². The molecule has 3 aromatic rings. The van der Waals surface area contributed by atoms with E-state index in [1.165, 1.54) is 10.6 Å². The Hall–Kier alpha value is -2.01. The van der Waals surface area contributed by atoms with Crippen LogP contribution in [0.3, 0.4) is 0 Å². The first-order valence-electron chi connectivity index (χ1n) is 9.65. The summed E-state index contributed by atoms with van der Waals surface area (Å²) in [6.45, 7) is 5.64. The van der Waals surface area contributed by atoms with Crippen LogP contribution in [-0.2, 0) is 13.0 Å². The molecule has 0 bridgehead atoms. The van der Waals surface area contributed by atoms with Crippen molar-refractivity contribution in [2.75, 3.05) is 27.8 Å². The first-order valence-corrected chi connectivity index (χ1v) is 10.5. The van der Waals surface area contributed by atoms with Gasteiger partial charge in [0.25, 0.3) is 0 Å². The summed E-state index contributed by atoms with van der Waals surface area (Å²) in [6.07, 6.45) is 1.90. The third kappa shape index (κ3) is 6.00. The Labute approximate surface area is 198 Å². The number of methoxy groups -OCH3 is 2. The van der Waals surface area contributed by atoms with Gasteiger partial charge in [-0.3, -0.25) is 4.99 Å². The minimum absolute atomic E-state index is 0. The maximum absolute atomic E-state index is 5.49. The first kappa shape index (κ1) is 24.3. The molecule has 0 saturated carbocycles. The van der Waals surface area contributed by atoms with Gasteiger partial charge < -0.3 is 25.1 Å². The highest BCUT2D eigenvalue weighted by molar-refractivity contribution is 14.0. The average Bonchev–Trinajstić information content (AvgIpc) is 3.28. The van der Waals surface area contributed by atoms with Crippen molar-refractivity contribution in [1.29, 1.82) is 0 Å². The highest BCUT2D eigenvalue weighted by atomic mass is 127. The van der Waals surface area contributed by atoms with Crippen molar-refractivity contribution in [3.05, 3.63) is 39.5 Å². The van der Waals surface area contributed by atoms with Gasteiger partial charge in [-0.1, -0.05) is 0 Å². The predicted molar refractivity (Wildman–Crippen MR) is 135 cm³/mol. The number of aromatic amines is 1. The summed E-state index contributed by atoms with van der Waals surface area (Å²) in [6, 6.07) is 6.05. The lowest BCUT2D eigenvalue weighted by Crippen LogP contribution is -2.37. The van der Waals surface area contributed by atoms with Crippen molar-refractivity contribution in [2.45, 2.75) is 33.2 Å². The predicted octanol–water partition coefficient (Wildman–Crippen LogP) is 4.17. The summed E-state index contributed by atoms with van der Waals surface area (Å²) < 4.78 is 10.8. The van der Waals surface area contributed by atoms with Crippen molar-refractivity contribution < 1.29 is 9.47 Å². The minimum atomic E-state index is 0. The Bertz CT molecular complexity index is 979. The SMILES string of the molecule is CN=C(NCCCc1cc2c(OC)cc(OC)cc2[nH]1)NCc1nc(C)c(C)s1.I. The van der Waals surface area contributed by atoms with Crippen molar-refractivity contribution in [2.24, 2.45) is 4.99 Å². The van der Waals surface area contributed by atoms with E-state index in [1.807, 2.05) is 19.1 Å². The van der Waals surface area contributed by atoms with Gasteiger partial charge in [-0.05, 0) is 32.8 Å². The summed E-state index contributed by atoms with van der Waals surface area (Å²) in [5, 5.41) is 8.83. The summed E-state index contributed by atoms with van der Waals surface area (Å²) in [5.74, 6) is 2.39. The van der Waals surface area contributed by atoms with E-state index in [0.29, 0.717) is 6.54 Å². The highest BCUT2D eigenvalue weighted by Crippen LogP contribution is 2.31. The Morgan fingerprint density at radius 2 is 1.97 bits per heavy atom. The molecule has 0 radical (unpaired) electrons. The van der Waals surface area contributed by atoms with Crippen LogP contribution in [-0.4, -0.2) is 43.7 Å². The fraction of sp³-hybridized carbons (Fsp3) is 0.429. The molecule has 0 unspecified atom stereocenters. The van der Waals surface area contributed by atoms with Crippen LogP contribution >= 0.6 is 35.3 Å². The van der Waals surface area contributed by atoms with E-state index in [9.17, 15) is 0 Å². The maximum Gasteiger partial charge on any atom is 0.191 e. The van der Waals surface area contributed by atoms with E-state index >= 15 is 0 Å². The monoisotopic (exact) mass is 543 g/mol. The fourth-order valence-electron chi connectivity index (χ4n) is 3.14. The van der Waals surface area contributed by atoms with Crippen LogP contribution in [0.25, 0.3) is 10.9 Å². The summed E-state index contributed by atoms with van der Waals surface area (Å²) in [7, 11) is 5.12. The van der Waals surface area contributed by atoms with Gasteiger partial charge in [0.2, 0.25) is 0 Å². The van der Waals surface area contributed by atoms with Gasteiger partial charge in [-0.2, -0.15) is 0 Å². The van der Waals surface area contributed by atoms with E-state index in [0.717, 1.165) is 58.4 Å². The number of rotatable bonds is 8. The molecule has 164 valence electrons. The third-order valence-corrected chi connectivity index (χ3v) is 5.88. The number of nitrogens with one attached hydrogen (secondary N) is 3. The number of guanidine groups is 1. The normalized spacial score (nSPS) is 11.3. The van der Waals surface area contributed by atoms with E-state index in [-0.39, 0.29) is 24.0 Å². The first-order chi connectivity index (χ1) is 14.0. The van der Waals surface area contributed by atoms with Gasteiger partial charge >= 0.3 is 0 Å². The standard InChI is InChI=1S/C21H29N5O2S.HI/c1-13-14(2)29-20(25-13)12-24-21(22-3)23-8-6-7-15-9-17-18(26-15)10-16(27-4)11-19(17)28-5;/h9-11,26H,6-8,12H2,1-5H3,(H2,22,23,24);1H. The molecule has 0 amide bonds. The molecule has 0 aliphatic heterocycles. The minimum Gasteiger partial charge on any atom is -0.497 e. The van der Waals surface area contributed by atoms with E-state index in [1.54, 1.807) is 32.6 Å². The molecule has 1 aromatic carbocycles. The van der Waals surface area contributed by atoms with Gasteiger partial charge in [0, 0.05) is 41.7 Å². The second-order valence-electron chi connectivity index (χ2n) is 6.79. The van der Waals surface area contributed by atoms with E-state index in [4.69, 9.17) is 9.47 Å². The molecule has 0 saturated heterocycles. The second kappa shape index (κ2) is 11.4. The average molecular weight is 543 g/mol.